The van der Waals surface area contributed by atoms with Crippen LogP contribution in [0.25, 0.3) is 0 Å². The van der Waals surface area contributed by atoms with Gasteiger partial charge >= 0.3 is 0 Å². The third-order valence-corrected chi connectivity index (χ3v) is 4.90. The van der Waals surface area contributed by atoms with E-state index >= 15 is 0 Å². The van der Waals surface area contributed by atoms with Crippen LogP contribution in [0.15, 0.2) is 4.90 Å². The van der Waals surface area contributed by atoms with E-state index in [4.69, 9.17) is 10.7 Å². The van der Waals surface area contributed by atoms with Gasteiger partial charge in [0, 0.05) is 16.7 Å². The smallest absolute Gasteiger partial charge is 0.273 e. The molecule has 1 fully saturated rings. The third-order valence-electron chi connectivity index (χ3n) is 3.51. The van der Waals surface area contributed by atoms with Crippen LogP contribution in [0.1, 0.15) is 49.3 Å². The fourth-order valence-corrected chi connectivity index (χ4v) is 3.63. The van der Waals surface area contributed by atoms with E-state index in [1.165, 1.54) is 0 Å². The van der Waals surface area contributed by atoms with Crippen molar-refractivity contribution >= 4 is 25.6 Å². The Bertz CT molecular complexity index is 611. The number of nitrogens with zero attached hydrogens (tertiary/aromatic N) is 1. The molecule has 1 amide bonds. The lowest BCUT2D eigenvalue weighted by Gasteiger charge is -2.04. The van der Waals surface area contributed by atoms with Gasteiger partial charge in [0.15, 0.2) is 5.69 Å². The highest BCUT2D eigenvalue weighted by molar-refractivity contribution is 8.13. The van der Waals surface area contributed by atoms with Gasteiger partial charge in [-0.05, 0) is 18.8 Å². The van der Waals surface area contributed by atoms with Gasteiger partial charge < -0.3 is 5.32 Å². The number of hydrogen-bond acceptors (Lipinski definition) is 4. The Morgan fingerprint density at radius 1 is 1.50 bits per heavy atom. The van der Waals surface area contributed by atoms with Crippen molar-refractivity contribution in [3.05, 3.63) is 11.4 Å². The molecule has 2 N–H and O–H groups in total. The number of hydrogen-bond donors (Lipinski definition) is 2. The molecule has 0 aliphatic heterocycles. The quantitative estimate of drug-likeness (QED) is 0.782. The second-order valence-corrected chi connectivity index (χ2v) is 7.55. The highest BCUT2D eigenvalue weighted by Crippen LogP contribution is 2.33. The van der Waals surface area contributed by atoms with Crippen molar-refractivity contribution in [3.63, 3.8) is 0 Å². The predicted molar refractivity (Wildman–Crippen MR) is 75.3 cm³/mol. The molecule has 2 atom stereocenters. The minimum atomic E-state index is -4.00. The number of aryl methyl sites for hydroxylation is 1. The Hall–Kier alpha value is -1.08. The molecule has 1 aromatic rings. The molecule has 1 aromatic heterocycles. The molecule has 2 rings (SSSR count). The topological polar surface area (TPSA) is 91.9 Å². The zero-order valence-electron chi connectivity index (χ0n) is 11.4. The Balaban J connectivity index is 2.25. The molecule has 0 spiro atoms. The van der Waals surface area contributed by atoms with E-state index in [0.29, 0.717) is 18.0 Å². The average molecular weight is 320 g/mol. The number of carbonyl (C=O) groups excluding carboxylic acids is 1. The lowest BCUT2D eigenvalue weighted by atomic mass is 10.2. The van der Waals surface area contributed by atoms with Crippen LogP contribution >= 0.6 is 10.7 Å². The highest BCUT2D eigenvalue weighted by atomic mass is 35.7. The first kappa shape index (κ1) is 15.3. The summed E-state index contributed by atoms with van der Waals surface area (Å²) in [4.78, 5) is 11.9. The first-order valence-electron chi connectivity index (χ1n) is 6.71. The van der Waals surface area contributed by atoms with E-state index in [0.717, 1.165) is 19.3 Å². The van der Waals surface area contributed by atoms with Crippen LogP contribution in [0.3, 0.4) is 0 Å². The lowest BCUT2D eigenvalue weighted by Crippen LogP contribution is -2.28. The van der Waals surface area contributed by atoms with Gasteiger partial charge in [0.2, 0.25) is 0 Å². The summed E-state index contributed by atoms with van der Waals surface area (Å²) in [6.07, 6.45) is 3.12. The summed E-state index contributed by atoms with van der Waals surface area (Å²) in [6.45, 7) is 3.96. The molecule has 112 valence electrons. The molecule has 2 unspecified atom stereocenters. The summed E-state index contributed by atoms with van der Waals surface area (Å²) < 4.78 is 23.3. The average Bonchev–Trinajstić information content (AvgIpc) is 2.95. The molecule has 0 aromatic carbocycles. The number of aromatic amines is 1. The Labute approximate surface area is 122 Å². The molecule has 8 heteroatoms. The van der Waals surface area contributed by atoms with Crippen molar-refractivity contribution in [2.75, 3.05) is 0 Å². The second-order valence-electron chi connectivity index (χ2n) is 5.05. The molecular weight excluding hydrogens is 302 g/mol. The fourth-order valence-electron chi connectivity index (χ4n) is 2.32. The van der Waals surface area contributed by atoms with Gasteiger partial charge in [-0.25, -0.2) is 8.42 Å². The van der Waals surface area contributed by atoms with Crippen molar-refractivity contribution in [2.45, 2.75) is 50.5 Å². The number of H-pyrrole nitrogens is 1. The van der Waals surface area contributed by atoms with Gasteiger partial charge in [-0.1, -0.05) is 26.7 Å². The zero-order valence-corrected chi connectivity index (χ0v) is 13.0. The second kappa shape index (κ2) is 5.73. The molecule has 20 heavy (non-hydrogen) atoms. The van der Waals surface area contributed by atoms with Gasteiger partial charge in [0.05, 0.1) is 5.69 Å². The maximum atomic E-state index is 12.1. The van der Waals surface area contributed by atoms with Crippen LogP contribution < -0.4 is 5.32 Å². The minimum absolute atomic E-state index is 0.115. The summed E-state index contributed by atoms with van der Waals surface area (Å²) in [5.74, 6) is -0.00663. The predicted octanol–water partition coefficient (Wildman–Crippen LogP) is 1.82. The van der Waals surface area contributed by atoms with Gasteiger partial charge in [-0.15, -0.1) is 0 Å². The molecule has 1 aliphatic carbocycles. The highest BCUT2D eigenvalue weighted by Gasteiger charge is 2.38. The number of carbonyl (C=O) groups is 1. The number of amides is 1. The van der Waals surface area contributed by atoms with Gasteiger partial charge in [0.1, 0.15) is 4.90 Å². The summed E-state index contributed by atoms with van der Waals surface area (Å²) in [6, 6.07) is 0.115. The Morgan fingerprint density at radius 2 is 2.20 bits per heavy atom. The monoisotopic (exact) mass is 319 g/mol. The SMILES string of the molecule is CCCc1[nH]nc(C(=O)NC2CC2CC)c1S(=O)(=O)Cl. The summed E-state index contributed by atoms with van der Waals surface area (Å²) >= 11 is 0. The van der Waals surface area contributed by atoms with E-state index in [-0.39, 0.29) is 16.6 Å². The summed E-state index contributed by atoms with van der Waals surface area (Å²) in [5.41, 5.74) is 0.251. The van der Waals surface area contributed by atoms with Crippen LogP contribution in [-0.4, -0.2) is 30.6 Å². The molecule has 0 saturated heterocycles. The zero-order chi connectivity index (χ0) is 14.9. The van der Waals surface area contributed by atoms with E-state index < -0.39 is 15.0 Å². The Kier molecular flexibility index (Phi) is 4.39. The first-order chi connectivity index (χ1) is 9.38. The Morgan fingerprint density at radius 3 is 2.70 bits per heavy atom. The molecule has 6 nitrogen and oxygen atoms in total. The van der Waals surface area contributed by atoms with Crippen LogP contribution in [0.2, 0.25) is 0 Å². The molecule has 1 heterocycles. The number of nitrogens with one attached hydrogen (secondary N) is 2. The van der Waals surface area contributed by atoms with Crippen LogP contribution in [0.4, 0.5) is 0 Å². The summed E-state index contributed by atoms with van der Waals surface area (Å²) in [7, 11) is 1.43. The van der Waals surface area contributed by atoms with E-state index in [1.54, 1.807) is 0 Å². The number of rotatable bonds is 6. The largest absolute Gasteiger partial charge is 0.348 e. The van der Waals surface area contributed by atoms with E-state index in [1.807, 2.05) is 6.92 Å². The maximum absolute atomic E-state index is 12.1. The molecule has 1 aliphatic rings. The van der Waals surface area contributed by atoms with E-state index in [9.17, 15) is 13.2 Å². The van der Waals surface area contributed by atoms with Crippen molar-refractivity contribution in [1.29, 1.82) is 0 Å². The van der Waals surface area contributed by atoms with E-state index in [2.05, 4.69) is 22.4 Å². The van der Waals surface area contributed by atoms with Crippen molar-refractivity contribution in [1.82, 2.24) is 15.5 Å². The fraction of sp³-hybridized carbons (Fsp3) is 0.667. The van der Waals surface area contributed by atoms with Gasteiger partial charge in [0.25, 0.3) is 15.0 Å². The third kappa shape index (κ3) is 3.15. The normalized spacial score (nSPS) is 21.8. The van der Waals surface area contributed by atoms with Crippen LogP contribution in [-0.2, 0) is 15.5 Å². The molecule has 1 saturated carbocycles. The molecule has 0 bridgehead atoms. The van der Waals surface area contributed by atoms with Crippen molar-refractivity contribution in [3.8, 4) is 0 Å². The van der Waals surface area contributed by atoms with Crippen LogP contribution in [0, 0.1) is 5.92 Å². The summed E-state index contributed by atoms with van der Waals surface area (Å²) in [5, 5.41) is 9.23. The van der Waals surface area contributed by atoms with Gasteiger partial charge in [-0.2, -0.15) is 5.10 Å². The molecular formula is C12H18ClN3O3S. The van der Waals surface area contributed by atoms with Gasteiger partial charge in [-0.3, -0.25) is 9.89 Å². The minimum Gasteiger partial charge on any atom is -0.348 e. The van der Waals surface area contributed by atoms with Crippen LogP contribution in [0.5, 0.6) is 0 Å². The van der Waals surface area contributed by atoms with Crippen molar-refractivity contribution < 1.29 is 13.2 Å². The van der Waals surface area contributed by atoms with Crippen molar-refractivity contribution in [2.24, 2.45) is 5.92 Å². The first-order valence-corrected chi connectivity index (χ1v) is 9.02. The standard InChI is InChI=1S/C12H18ClN3O3S/c1-3-5-8-11(20(13,18)19)10(16-15-8)12(17)14-9-6-7(9)4-2/h7,9H,3-6H2,1-2H3,(H,14,17)(H,15,16). The number of aromatic nitrogens is 2. The number of halogens is 1. The molecule has 0 radical (unpaired) electrons. The maximum Gasteiger partial charge on any atom is 0.273 e. The lowest BCUT2D eigenvalue weighted by molar-refractivity contribution is 0.0940.